The van der Waals surface area contributed by atoms with Gasteiger partial charge < -0.3 is 0 Å². The maximum Gasteiger partial charge on any atom is 0.205 e. The maximum absolute atomic E-state index is 5.26. The van der Waals surface area contributed by atoms with Crippen LogP contribution in [0.1, 0.15) is 165 Å². The van der Waals surface area contributed by atoms with Crippen molar-refractivity contribution in [3.8, 4) is 22.3 Å². The van der Waals surface area contributed by atoms with Crippen molar-refractivity contribution in [2.75, 3.05) is 7.05 Å². The van der Waals surface area contributed by atoms with Crippen molar-refractivity contribution < 1.29 is 4.70 Å². The maximum atomic E-state index is 5.26. The summed E-state index contributed by atoms with van der Waals surface area (Å²) in [6.07, 6.45) is 27.8. The average molecular weight is 726 g/mol. The molecule has 2 heteroatoms. The molecule has 4 aromatic carbocycles. The highest BCUT2D eigenvalue weighted by molar-refractivity contribution is 5.74. The van der Waals surface area contributed by atoms with Gasteiger partial charge in [0.1, 0.15) is 5.69 Å². The lowest BCUT2D eigenvalue weighted by molar-refractivity contribution is -0.510. The zero-order chi connectivity index (χ0) is 38.4. The number of benzene rings is 4. The highest BCUT2D eigenvalue weighted by Gasteiger charge is 2.16. The Hall–Kier alpha value is -3.78. The molecule has 0 unspecified atom stereocenters. The molecule has 4 rings (SSSR count). The van der Waals surface area contributed by atoms with Crippen LogP contribution in [0, 0.1) is 0 Å². The van der Waals surface area contributed by atoms with E-state index in [1.807, 2.05) is 0 Å². The van der Waals surface area contributed by atoms with Gasteiger partial charge in [0.05, 0.1) is 0 Å². The van der Waals surface area contributed by atoms with E-state index in [0.717, 1.165) is 37.1 Å². The summed E-state index contributed by atoms with van der Waals surface area (Å²) < 4.78 is 2.09. The fourth-order valence-corrected chi connectivity index (χ4v) is 8.03. The minimum Gasteiger partial charge on any atom is -0.0909 e. The third kappa shape index (κ3) is 13.8. The second-order valence-corrected chi connectivity index (χ2v) is 15.7. The second kappa shape index (κ2) is 24.6. The Bertz CT molecular complexity index is 1710. The first-order valence-electron chi connectivity index (χ1n) is 22.0. The number of azo groups is 2. The van der Waals surface area contributed by atoms with E-state index in [0.29, 0.717) is 0 Å². The Kier molecular flexibility index (Phi) is 19.6. The summed E-state index contributed by atoms with van der Waals surface area (Å²) in [5.74, 6) is 0. The van der Waals surface area contributed by atoms with Crippen LogP contribution >= 0.6 is 0 Å². The van der Waals surface area contributed by atoms with Crippen molar-refractivity contribution in [3.05, 3.63) is 118 Å². The number of hydrogen-bond donors (Lipinski definition) is 0. The highest BCUT2D eigenvalue weighted by Crippen LogP contribution is 2.35. The van der Waals surface area contributed by atoms with Gasteiger partial charge in [0.25, 0.3) is 0 Å². The summed E-state index contributed by atoms with van der Waals surface area (Å²) >= 11 is 0. The molecule has 0 aliphatic carbocycles. The summed E-state index contributed by atoms with van der Waals surface area (Å²) in [7, 11) is 2.12. The van der Waals surface area contributed by atoms with Gasteiger partial charge >= 0.3 is 0 Å². The molecule has 0 aliphatic rings. The van der Waals surface area contributed by atoms with Crippen LogP contribution in [0.2, 0.25) is 0 Å². The molecule has 0 fully saturated rings. The zero-order valence-corrected chi connectivity index (χ0v) is 35.2. The lowest BCUT2D eigenvalue weighted by Crippen LogP contribution is -2.03. The Morgan fingerprint density at radius 2 is 0.981 bits per heavy atom. The summed E-state index contributed by atoms with van der Waals surface area (Å²) in [5.41, 5.74) is 14.9. The SMILES string of the molecule is CCCCCCCCc1cc(C=C(C)[N+](C)=Nc2cc(CCCCCC)c(CC)c(-c3ccccc3)c2)cc(-c2ccccc2)c1CCCCCCCC. The Balaban J connectivity index is 1.71. The molecule has 0 aromatic heterocycles. The fraction of sp³-hybridized carbons (Fsp3) is 0.500. The monoisotopic (exact) mass is 726 g/mol. The van der Waals surface area contributed by atoms with Gasteiger partial charge in [-0.05, 0) is 118 Å². The highest BCUT2D eigenvalue weighted by atomic mass is 15.2. The third-order valence-electron chi connectivity index (χ3n) is 11.2. The molecule has 0 radical (unpaired) electrons. The molecular formula is C52H73N2+. The minimum absolute atomic E-state index is 1.03. The minimum atomic E-state index is 1.03. The van der Waals surface area contributed by atoms with E-state index in [1.54, 1.807) is 11.1 Å². The molecule has 290 valence electrons. The third-order valence-corrected chi connectivity index (χ3v) is 11.2. The Labute approximate surface area is 331 Å². The predicted molar refractivity (Wildman–Crippen MR) is 237 cm³/mol. The molecule has 0 atom stereocenters. The van der Waals surface area contributed by atoms with E-state index in [4.69, 9.17) is 5.11 Å². The topological polar surface area (TPSA) is 15.4 Å². The zero-order valence-electron chi connectivity index (χ0n) is 35.2. The molecule has 0 saturated heterocycles. The van der Waals surface area contributed by atoms with Gasteiger partial charge in [0, 0.05) is 13.0 Å². The number of hydrogen-bond acceptors (Lipinski definition) is 1. The Morgan fingerprint density at radius 3 is 1.52 bits per heavy atom. The average Bonchev–Trinajstić information content (AvgIpc) is 3.20. The molecule has 0 saturated carbocycles. The van der Waals surface area contributed by atoms with E-state index in [2.05, 4.69) is 137 Å². The van der Waals surface area contributed by atoms with Crippen molar-refractivity contribution in [2.45, 2.75) is 163 Å². The van der Waals surface area contributed by atoms with Crippen molar-refractivity contribution in [3.63, 3.8) is 0 Å². The molecule has 0 aliphatic heterocycles. The first-order chi connectivity index (χ1) is 26.5. The van der Waals surface area contributed by atoms with Gasteiger partial charge in [-0.25, -0.2) is 0 Å². The number of allylic oxidation sites excluding steroid dienone is 1. The van der Waals surface area contributed by atoms with Gasteiger partial charge in [-0.1, -0.05) is 183 Å². The summed E-state index contributed by atoms with van der Waals surface area (Å²) in [6.45, 7) is 11.4. The van der Waals surface area contributed by atoms with Crippen molar-refractivity contribution in [1.29, 1.82) is 0 Å². The van der Waals surface area contributed by atoms with Crippen molar-refractivity contribution in [1.82, 2.24) is 0 Å². The van der Waals surface area contributed by atoms with Gasteiger partial charge in [0.2, 0.25) is 5.70 Å². The first-order valence-corrected chi connectivity index (χ1v) is 22.0. The van der Waals surface area contributed by atoms with Crippen LogP contribution in [0.25, 0.3) is 28.3 Å². The quantitative estimate of drug-likeness (QED) is 0.0367. The van der Waals surface area contributed by atoms with E-state index in [-0.39, 0.29) is 0 Å². The predicted octanol–water partition coefficient (Wildman–Crippen LogP) is 16.3. The lowest BCUT2D eigenvalue weighted by Gasteiger charge is -2.18. The molecule has 4 aromatic rings. The summed E-state index contributed by atoms with van der Waals surface area (Å²) in [5, 5.41) is 5.26. The van der Waals surface area contributed by atoms with E-state index in [9.17, 15) is 0 Å². The summed E-state index contributed by atoms with van der Waals surface area (Å²) in [6, 6.07) is 31.7. The molecule has 0 spiro atoms. The second-order valence-electron chi connectivity index (χ2n) is 15.7. The molecule has 0 N–H and O–H groups in total. The van der Waals surface area contributed by atoms with E-state index in [1.165, 1.54) is 142 Å². The van der Waals surface area contributed by atoms with Crippen LogP contribution in [0.4, 0.5) is 5.69 Å². The number of unbranched alkanes of at least 4 members (excludes halogenated alkanes) is 13. The molecule has 0 amide bonds. The normalized spacial score (nSPS) is 12.1. The smallest absolute Gasteiger partial charge is 0.0909 e. The van der Waals surface area contributed by atoms with Crippen molar-refractivity contribution in [2.24, 2.45) is 5.11 Å². The van der Waals surface area contributed by atoms with Gasteiger partial charge in [0.15, 0.2) is 7.05 Å². The molecule has 2 nitrogen and oxygen atoms in total. The molecule has 0 heterocycles. The van der Waals surface area contributed by atoms with Gasteiger partial charge in [-0.3, -0.25) is 0 Å². The Morgan fingerprint density at radius 1 is 0.519 bits per heavy atom. The molecule has 0 bridgehead atoms. The first kappa shape index (κ1) is 43.0. The molecular weight excluding hydrogens is 653 g/mol. The largest absolute Gasteiger partial charge is 0.205 e. The lowest BCUT2D eigenvalue weighted by atomic mass is 9.87. The van der Waals surface area contributed by atoms with Gasteiger partial charge in [-0.2, -0.15) is 0 Å². The van der Waals surface area contributed by atoms with Crippen LogP contribution in [0.15, 0.2) is 95.7 Å². The fourth-order valence-electron chi connectivity index (χ4n) is 8.03. The standard InChI is InChI=1S/C52H73N2/c1-7-11-14-17-19-24-34-46-38-43(39-51(44-30-25-21-26-31-44)50(46)36-29-20-18-15-12-8-2)37-42(5)54(6)53-48-40-47(35-23-16-13-9-3)49(10-4)52(41-48)45-32-27-22-28-33-45/h21-22,25-28,30-33,37-41H,7-20,23-24,29,34-36H2,1-6H3/q+1. The number of nitrogens with zero attached hydrogens (tertiary/aromatic N) is 2. The van der Waals surface area contributed by atoms with Crippen molar-refractivity contribution >= 4 is 11.8 Å². The van der Waals surface area contributed by atoms with Crippen LogP contribution in [0.5, 0.6) is 0 Å². The summed E-state index contributed by atoms with van der Waals surface area (Å²) in [4.78, 5) is 0. The van der Waals surface area contributed by atoms with Crippen LogP contribution < -0.4 is 0 Å². The molecule has 54 heavy (non-hydrogen) atoms. The van der Waals surface area contributed by atoms with Crippen LogP contribution in [-0.4, -0.2) is 11.7 Å². The van der Waals surface area contributed by atoms with E-state index < -0.39 is 0 Å². The number of rotatable bonds is 25. The van der Waals surface area contributed by atoms with Crippen LogP contribution in [0.3, 0.4) is 0 Å². The van der Waals surface area contributed by atoms with Crippen LogP contribution in [-0.2, 0) is 25.7 Å². The van der Waals surface area contributed by atoms with Gasteiger partial charge in [-0.15, -0.1) is 0 Å². The van der Waals surface area contributed by atoms with E-state index >= 15 is 0 Å². The number of aryl methyl sites for hydroxylation is 2.